The van der Waals surface area contributed by atoms with Crippen LogP contribution in [-0.4, -0.2) is 31.1 Å². The summed E-state index contributed by atoms with van der Waals surface area (Å²) in [7, 11) is 0. The standard InChI is InChI=1S/C16H16N8O/c17-11-5-3-10(4-6-11)7-8-19-15-21-14(18)24-16(22-15)20-13(23-24)12-2-1-9-25-12/h1-6,9H,7-8,17H2,(H3,18,19,20,21,22,23). The van der Waals surface area contributed by atoms with Gasteiger partial charge >= 0.3 is 0 Å². The number of benzene rings is 1. The lowest BCUT2D eigenvalue weighted by atomic mass is 10.1. The molecule has 0 unspecified atom stereocenters. The molecule has 0 bridgehead atoms. The van der Waals surface area contributed by atoms with Gasteiger partial charge in [0.15, 0.2) is 5.76 Å². The second-order valence-electron chi connectivity index (χ2n) is 5.45. The molecule has 0 aliphatic heterocycles. The Morgan fingerprint density at radius 1 is 1.04 bits per heavy atom. The predicted molar refractivity (Wildman–Crippen MR) is 93.7 cm³/mol. The van der Waals surface area contributed by atoms with Crippen molar-refractivity contribution in [3.8, 4) is 11.6 Å². The number of furan rings is 1. The first kappa shape index (κ1) is 14.9. The Hall–Kier alpha value is -3.62. The Balaban J connectivity index is 1.51. The molecule has 0 radical (unpaired) electrons. The Morgan fingerprint density at radius 2 is 1.88 bits per heavy atom. The molecule has 4 aromatic rings. The van der Waals surface area contributed by atoms with Gasteiger partial charge in [-0.1, -0.05) is 12.1 Å². The van der Waals surface area contributed by atoms with E-state index in [-0.39, 0.29) is 5.95 Å². The molecule has 25 heavy (non-hydrogen) atoms. The average Bonchev–Trinajstić information content (AvgIpc) is 3.26. The van der Waals surface area contributed by atoms with Gasteiger partial charge in [0.2, 0.25) is 17.7 Å². The number of nitrogens with two attached hydrogens (primary N) is 2. The first-order valence-corrected chi connectivity index (χ1v) is 7.71. The number of nitrogens with one attached hydrogen (secondary N) is 1. The van der Waals surface area contributed by atoms with Crippen LogP contribution in [0.25, 0.3) is 17.4 Å². The van der Waals surface area contributed by atoms with Crippen LogP contribution in [-0.2, 0) is 6.42 Å². The summed E-state index contributed by atoms with van der Waals surface area (Å²) in [5, 5.41) is 7.40. The lowest BCUT2D eigenvalue weighted by Crippen LogP contribution is -2.12. The highest BCUT2D eigenvalue weighted by molar-refractivity contribution is 5.52. The molecular weight excluding hydrogens is 320 g/mol. The van der Waals surface area contributed by atoms with Gasteiger partial charge < -0.3 is 21.2 Å². The van der Waals surface area contributed by atoms with E-state index in [4.69, 9.17) is 15.9 Å². The molecule has 0 amide bonds. The third-order valence-electron chi connectivity index (χ3n) is 3.65. The molecule has 126 valence electrons. The molecule has 0 aliphatic carbocycles. The van der Waals surface area contributed by atoms with Crippen molar-refractivity contribution in [1.29, 1.82) is 0 Å². The van der Waals surface area contributed by atoms with Crippen LogP contribution in [0.2, 0.25) is 0 Å². The molecule has 9 heteroatoms. The van der Waals surface area contributed by atoms with Gasteiger partial charge in [-0.25, -0.2) is 0 Å². The van der Waals surface area contributed by atoms with E-state index in [1.54, 1.807) is 18.4 Å². The van der Waals surface area contributed by atoms with Crippen molar-refractivity contribution >= 4 is 23.4 Å². The highest BCUT2D eigenvalue weighted by atomic mass is 16.3. The minimum absolute atomic E-state index is 0.199. The number of hydrogen-bond donors (Lipinski definition) is 3. The van der Waals surface area contributed by atoms with E-state index in [1.807, 2.05) is 24.3 Å². The van der Waals surface area contributed by atoms with Crippen molar-refractivity contribution in [3.63, 3.8) is 0 Å². The van der Waals surface area contributed by atoms with Gasteiger partial charge in [0, 0.05) is 12.2 Å². The van der Waals surface area contributed by atoms with Crippen molar-refractivity contribution < 1.29 is 4.42 Å². The van der Waals surface area contributed by atoms with Gasteiger partial charge in [0.25, 0.3) is 5.78 Å². The number of nitrogens with zero attached hydrogens (tertiary/aromatic N) is 5. The average molecular weight is 336 g/mol. The third kappa shape index (κ3) is 3.07. The highest BCUT2D eigenvalue weighted by Crippen LogP contribution is 2.17. The maximum atomic E-state index is 5.95. The second-order valence-corrected chi connectivity index (χ2v) is 5.45. The number of anilines is 3. The smallest absolute Gasteiger partial charge is 0.259 e. The van der Waals surface area contributed by atoms with Crippen LogP contribution < -0.4 is 16.8 Å². The monoisotopic (exact) mass is 336 g/mol. The third-order valence-corrected chi connectivity index (χ3v) is 3.65. The van der Waals surface area contributed by atoms with E-state index in [0.29, 0.717) is 29.9 Å². The van der Waals surface area contributed by atoms with E-state index in [0.717, 1.165) is 12.1 Å². The Bertz CT molecular complexity index is 991. The summed E-state index contributed by atoms with van der Waals surface area (Å²) in [5.74, 6) is 1.91. The molecule has 5 N–H and O–H groups in total. The van der Waals surface area contributed by atoms with E-state index < -0.39 is 0 Å². The van der Waals surface area contributed by atoms with Gasteiger partial charge in [-0.3, -0.25) is 0 Å². The summed E-state index contributed by atoms with van der Waals surface area (Å²) in [5.41, 5.74) is 13.5. The second kappa shape index (κ2) is 6.11. The topological polar surface area (TPSA) is 133 Å². The van der Waals surface area contributed by atoms with Crippen molar-refractivity contribution in [3.05, 3.63) is 48.2 Å². The van der Waals surface area contributed by atoms with Crippen LogP contribution in [0.5, 0.6) is 0 Å². The zero-order valence-electron chi connectivity index (χ0n) is 13.3. The highest BCUT2D eigenvalue weighted by Gasteiger charge is 2.13. The SMILES string of the molecule is Nc1ccc(CCNc2nc(N)n3nc(-c4ccco4)nc3n2)cc1. The maximum Gasteiger partial charge on any atom is 0.259 e. The molecule has 0 aliphatic rings. The van der Waals surface area contributed by atoms with Crippen LogP contribution >= 0.6 is 0 Å². The summed E-state index contributed by atoms with van der Waals surface area (Å²) >= 11 is 0. The number of rotatable bonds is 5. The molecular formula is C16H16N8O. The quantitative estimate of drug-likeness (QED) is 0.468. The number of aromatic nitrogens is 5. The van der Waals surface area contributed by atoms with Crippen LogP contribution in [0.3, 0.4) is 0 Å². The Morgan fingerprint density at radius 3 is 2.64 bits per heavy atom. The van der Waals surface area contributed by atoms with Crippen molar-refractivity contribution in [2.24, 2.45) is 0 Å². The molecule has 4 rings (SSSR count). The van der Waals surface area contributed by atoms with Crippen LogP contribution in [0, 0.1) is 0 Å². The summed E-state index contributed by atoms with van der Waals surface area (Å²) in [6.07, 6.45) is 2.36. The molecule has 3 heterocycles. The predicted octanol–water partition coefficient (Wildman–Crippen LogP) is 1.60. The van der Waals surface area contributed by atoms with E-state index in [2.05, 4.69) is 25.4 Å². The van der Waals surface area contributed by atoms with Gasteiger partial charge in [-0.2, -0.15) is 19.5 Å². The fourth-order valence-electron chi connectivity index (χ4n) is 2.40. The lowest BCUT2D eigenvalue weighted by Gasteiger charge is -2.06. The molecule has 0 saturated carbocycles. The molecule has 0 spiro atoms. The summed E-state index contributed by atoms with van der Waals surface area (Å²) in [4.78, 5) is 12.9. The van der Waals surface area contributed by atoms with E-state index in [9.17, 15) is 0 Å². The normalized spacial score (nSPS) is 11.0. The Kier molecular flexibility index (Phi) is 3.65. The number of hydrogen-bond acceptors (Lipinski definition) is 8. The van der Waals surface area contributed by atoms with Crippen LogP contribution in [0.4, 0.5) is 17.6 Å². The van der Waals surface area contributed by atoms with Crippen molar-refractivity contribution in [2.75, 3.05) is 23.3 Å². The van der Waals surface area contributed by atoms with Crippen LogP contribution in [0.15, 0.2) is 47.1 Å². The molecule has 0 atom stereocenters. The molecule has 0 fully saturated rings. The molecule has 1 aromatic carbocycles. The maximum absolute atomic E-state index is 5.95. The van der Waals surface area contributed by atoms with Gasteiger partial charge in [0.05, 0.1) is 6.26 Å². The number of nitrogen functional groups attached to an aromatic ring is 2. The van der Waals surface area contributed by atoms with Gasteiger partial charge in [-0.05, 0) is 36.2 Å². The van der Waals surface area contributed by atoms with Gasteiger partial charge in [0.1, 0.15) is 0 Å². The zero-order valence-corrected chi connectivity index (χ0v) is 13.3. The van der Waals surface area contributed by atoms with Crippen molar-refractivity contribution in [1.82, 2.24) is 24.6 Å². The number of fused-ring (bicyclic) bond motifs is 1. The minimum atomic E-state index is 0.199. The van der Waals surface area contributed by atoms with E-state index >= 15 is 0 Å². The first-order valence-electron chi connectivity index (χ1n) is 7.71. The van der Waals surface area contributed by atoms with E-state index in [1.165, 1.54) is 10.1 Å². The van der Waals surface area contributed by atoms with Gasteiger partial charge in [-0.15, -0.1) is 5.10 Å². The summed E-state index contributed by atoms with van der Waals surface area (Å²) < 4.78 is 6.67. The molecule has 9 nitrogen and oxygen atoms in total. The van der Waals surface area contributed by atoms with Crippen molar-refractivity contribution in [2.45, 2.75) is 6.42 Å². The van der Waals surface area contributed by atoms with Crippen LogP contribution in [0.1, 0.15) is 5.56 Å². The minimum Gasteiger partial charge on any atom is -0.461 e. The summed E-state index contributed by atoms with van der Waals surface area (Å²) in [6.45, 7) is 0.651. The fraction of sp³-hybridized carbons (Fsp3) is 0.125. The fourth-order valence-corrected chi connectivity index (χ4v) is 2.40. The first-order chi connectivity index (χ1) is 12.2. The Labute approximate surface area is 142 Å². The molecule has 3 aromatic heterocycles. The lowest BCUT2D eigenvalue weighted by molar-refractivity contribution is 0.577. The zero-order chi connectivity index (χ0) is 17.2. The largest absolute Gasteiger partial charge is 0.461 e. The summed E-state index contributed by atoms with van der Waals surface area (Å²) in [6, 6.07) is 11.3. The molecule has 0 saturated heterocycles.